The smallest absolute Gasteiger partial charge is 0.246 e. The average molecular weight is 382 g/mol. The summed E-state index contributed by atoms with van der Waals surface area (Å²) in [6.45, 7) is 7.34. The van der Waals surface area contributed by atoms with Crippen LogP contribution in [0.4, 0.5) is 0 Å². The summed E-state index contributed by atoms with van der Waals surface area (Å²) in [4.78, 5) is 29.0. The van der Waals surface area contributed by atoms with Crippen molar-refractivity contribution in [2.75, 3.05) is 52.6 Å². The molecule has 1 unspecified atom stereocenters. The fourth-order valence-corrected chi connectivity index (χ4v) is 4.26. The molecule has 1 N–H and O–H groups in total. The van der Waals surface area contributed by atoms with Crippen molar-refractivity contribution in [3.63, 3.8) is 0 Å². The Bertz CT molecular complexity index is 492. The lowest BCUT2D eigenvalue weighted by molar-refractivity contribution is -0.135. The summed E-state index contributed by atoms with van der Waals surface area (Å²) in [5.74, 6) is 0.590. The van der Waals surface area contributed by atoms with E-state index in [1.807, 2.05) is 6.92 Å². The number of carbonyl (C=O) groups excluding carboxylic acids is 2. The van der Waals surface area contributed by atoms with Gasteiger partial charge in [-0.3, -0.25) is 14.5 Å². The van der Waals surface area contributed by atoms with Crippen molar-refractivity contribution in [2.24, 2.45) is 5.92 Å². The van der Waals surface area contributed by atoms with Gasteiger partial charge < -0.3 is 19.7 Å². The van der Waals surface area contributed by atoms with Gasteiger partial charge in [-0.15, -0.1) is 0 Å². The highest BCUT2D eigenvalue weighted by atomic mass is 16.5. The topological polar surface area (TPSA) is 71.1 Å². The van der Waals surface area contributed by atoms with Crippen LogP contribution in [0.2, 0.25) is 0 Å². The minimum Gasteiger partial charge on any atom is -0.381 e. The van der Waals surface area contributed by atoms with Crippen molar-refractivity contribution < 1.29 is 19.1 Å². The first-order chi connectivity index (χ1) is 13.2. The first kappa shape index (κ1) is 20.6. The van der Waals surface area contributed by atoms with Crippen LogP contribution in [0, 0.1) is 5.92 Å². The monoisotopic (exact) mass is 381 g/mol. The van der Waals surface area contributed by atoms with E-state index in [4.69, 9.17) is 9.47 Å². The molecule has 27 heavy (non-hydrogen) atoms. The van der Waals surface area contributed by atoms with Crippen molar-refractivity contribution in [1.82, 2.24) is 15.1 Å². The molecule has 0 aromatic heterocycles. The van der Waals surface area contributed by atoms with Gasteiger partial charge in [0.1, 0.15) is 6.61 Å². The number of nitrogens with zero attached hydrogens (tertiary/aromatic N) is 2. The second kappa shape index (κ2) is 10.4. The predicted molar refractivity (Wildman–Crippen MR) is 102 cm³/mol. The number of hydrogen-bond acceptors (Lipinski definition) is 5. The van der Waals surface area contributed by atoms with Gasteiger partial charge >= 0.3 is 0 Å². The minimum atomic E-state index is -0.0574. The molecule has 0 aromatic carbocycles. The van der Waals surface area contributed by atoms with Crippen LogP contribution in [0.25, 0.3) is 0 Å². The number of ether oxygens (including phenoxy) is 2. The summed E-state index contributed by atoms with van der Waals surface area (Å²) in [6.07, 6.45) is 6.38. The average Bonchev–Trinajstić information content (AvgIpc) is 3.55. The Kier molecular flexibility index (Phi) is 7.91. The molecule has 0 aromatic rings. The maximum Gasteiger partial charge on any atom is 0.246 e. The molecule has 1 atom stereocenters. The van der Waals surface area contributed by atoms with E-state index in [-0.39, 0.29) is 18.4 Å². The summed E-state index contributed by atoms with van der Waals surface area (Å²) >= 11 is 0. The highest BCUT2D eigenvalue weighted by Crippen LogP contribution is 2.32. The molecule has 1 aliphatic carbocycles. The van der Waals surface area contributed by atoms with Crippen molar-refractivity contribution >= 4 is 11.8 Å². The second-order valence-corrected chi connectivity index (χ2v) is 7.92. The Labute approximate surface area is 162 Å². The van der Waals surface area contributed by atoms with Crippen LogP contribution in [0.1, 0.15) is 45.4 Å². The van der Waals surface area contributed by atoms with Crippen molar-refractivity contribution in [2.45, 2.75) is 57.5 Å². The number of carbonyl (C=O) groups is 2. The van der Waals surface area contributed by atoms with Gasteiger partial charge in [0.25, 0.3) is 0 Å². The Morgan fingerprint density at radius 3 is 2.63 bits per heavy atom. The molecule has 2 heterocycles. The third kappa shape index (κ3) is 6.16. The molecule has 0 radical (unpaired) electrons. The highest BCUT2D eigenvalue weighted by Gasteiger charge is 2.37. The van der Waals surface area contributed by atoms with Crippen molar-refractivity contribution in [3.8, 4) is 0 Å². The van der Waals surface area contributed by atoms with E-state index in [9.17, 15) is 9.59 Å². The summed E-state index contributed by atoms with van der Waals surface area (Å²) < 4.78 is 10.7. The third-order valence-corrected chi connectivity index (χ3v) is 5.89. The Balaban J connectivity index is 1.55. The van der Waals surface area contributed by atoms with Gasteiger partial charge in [0.15, 0.2) is 0 Å². The van der Waals surface area contributed by atoms with Crippen LogP contribution in [-0.2, 0) is 19.1 Å². The van der Waals surface area contributed by atoms with Gasteiger partial charge in [-0.2, -0.15) is 0 Å². The first-order valence-electron chi connectivity index (χ1n) is 10.7. The zero-order valence-electron chi connectivity index (χ0n) is 16.7. The molecule has 3 fully saturated rings. The molecular formula is C20H35N3O4. The second-order valence-electron chi connectivity index (χ2n) is 7.92. The van der Waals surface area contributed by atoms with E-state index in [0.29, 0.717) is 31.1 Å². The summed E-state index contributed by atoms with van der Waals surface area (Å²) in [5, 5.41) is 2.97. The largest absolute Gasteiger partial charge is 0.381 e. The van der Waals surface area contributed by atoms with Crippen molar-refractivity contribution in [1.29, 1.82) is 0 Å². The quantitative estimate of drug-likeness (QED) is 0.646. The standard InChI is InChI=1S/C20H35N3O4/c1-2-26-15-19(24)21-9-11-23(17-7-12-27-13-8-17)18-4-3-10-22(14-18)20(25)16-5-6-16/h16-18H,2-15H2,1H3,(H,21,24). The van der Waals surface area contributed by atoms with Crippen LogP contribution >= 0.6 is 0 Å². The number of hydrogen-bond donors (Lipinski definition) is 1. The zero-order valence-corrected chi connectivity index (χ0v) is 16.7. The molecule has 0 bridgehead atoms. The lowest BCUT2D eigenvalue weighted by Crippen LogP contribution is -2.55. The Morgan fingerprint density at radius 2 is 1.93 bits per heavy atom. The third-order valence-electron chi connectivity index (χ3n) is 5.89. The lowest BCUT2D eigenvalue weighted by atomic mass is 9.98. The molecule has 3 rings (SSSR count). The van der Waals surface area contributed by atoms with E-state index >= 15 is 0 Å². The molecule has 2 saturated heterocycles. The van der Waals surface area contributed by atoms with Gasteiger partial charge in [0, 0.05) is 64.0 Å². The van der Waals surface area contributed by atoms with E-state index in [0.717, 1.165) is 71.4 Å². The van der Waals surface area contributed by atoms with Gasteiger partial charge in [0.2, 0.25) is 11.8 Å². The van der Waals surface area contributed by atoms with Gasteiger partial charge in [-0.1, -0.05) is 0 Å². The fourth-order valence-electron chi connectivity index (χ4n) is 4.26. The van der Waals surface area contributed by atoms with Gasteiger partial charge in [-0.05, 0) is 45.4 Å². The molecular weight excluding hydrogens is 346 g/mol. The number of nitrogens with one attached hydrogen (secondary N) is 1. The molecule has 2 amide bonds. The Hall–Kier alpha value is -1.18. The molecule has 0 spiro atoms. The molecule has 7 nitrogen and oxygen atoms in total. The van der Waals surface area contributed by atoms with E-state index in [1.165, 1.54) is 0 Å². The van der Waals surface area contributed by atoms with Gasteiger partial charge in [0.05, 0.1) is 0 Å². The van der Waals surface area contributed by atoms with E-state index in [1.54, 1.807) is 0 Å². The summed E-state index contributed by atoms with van der Waals surface area (Å²) in [7, 11) is 0. The number of rotatable bonds is 9. The molecule has 3 aliphatic rings. The lowest BCUT2D eigenvalue weighted by Gasteiger charge is -2.44. The maximum absolute atomic E-state index is 12.5. The van der Waals surface area contributed by atoms with Crippen LogP contribution in [-0.4, -0.2) is 86.3 Å². The number of likely N-dealkylation sites (tertiary alicyclic amines) is 1. The number of amides is 2. The highest BCUT2D eigenvalue weighted by molar-refractivity contribution is 5.81. The van der Waals surface area contributed by atoms with E-state index < -0.39 is 0 Å². The first-order valence-corrected chi connectivity index (χ1v) is 10.7. The summed E-state index contributed by atoms with van der Waals surface area (Å²) in [5.41, 5.74) is 0. The van der Waals surface area contributed by atoms with Crippen LogP contribution in [0.15, 0.2) is 0 Å². The van der Waals surface area contributed by atoms with Gasteiger partial charge in [-0.25, -0.2) is 0 Å². The van der Waals surface area contributed by atoms with Crippen LogP contribution in [0.5, 0.6) is 0 Å². The zero-order chi connectivity index (χ0) is 19.1. The van der Waals surface area contributed by atoms with Crippen molar-refractivity contribution in [3.05, 3.63) is 0 Å². The normalized spacial score (nSPS) is 24.2. The number of piperidine rings is 1. The predicted octanol–water partition coefficient (Wildman–Crippen LogP) is 1.02. The molecule has 7 heteroatoms. The van der Waals surface area contributed by atoms with Crippen LogP contribution < -0.4 is 5.32 Å². The minimum absolute atomic E-state index is 0.0574. The fraction of sp³-hybridized carbons (Fsp3) is 0.900. The molecule has 2 aliphatic heterocycles. The Morgan fingerprint density at radius 1 is 1.15 bits per heavy atom. The maximum atomic E-state index is 12.5. The van der Waals surface area contributed by atoms with Crippen LogP contribution in [0.3, 0.4) is 0 Å². The summed E-state index contributed by atoms with van der Waals surface area (Å²) in [6, 6.07) is 0.858. The van der Waals surface area contributed by atoms with E-state index in [2.05, 4.69) is 15.1 Å². The SMILES string of the molecule is CCOCC(=O)NCCN(C1CCOCC1)C1CCCN(C(=O)C2CC2)C1. The molecule has 1 saturated carbocycles. The molecule has 154 valence electrons.